The lowest BCUT2D eigenvalue weighted by atomic mass is 9.86. The smallest absolute Gasteiger partial charge is 0.126 e. The molecule has 1 aromatic carbocycles. The van der Waals surface area contributed by atoms with Crippen LogP contribution in [0, 0.1) is 17.8 Å². The van der Waals surface area contributed by atoms with E-state index in [1.54, 1.807) is 13.8 Å². The molecule has 1 aliphatic rings. The van der Waals surface area contributed by atoms with E-state index in [4.69, 9.17) is 16.5 Å². The van der Waals surface area contributed by atoms with Gasteiger partial charge in [0.1, 0.15) is 11.4 Å². The molecule has 2 aromatic rings. The molecule has 0 saturated heterocycles. The molecule has 0 radical (unpaired) electrons. The predicted molar refractivity (Wildman–Crippen MR) is 147 cm³/mol. The Kier molecular flexibility index (Phi) is 9.26. The second-order valence-corrected chi connectivity index (χ2v) is 10.2. The second kappa shape index (κ2) is 12.2. The van der Waals surface area contributed by atoms with Crippen molar-refractivity contribution < 1.29 is 5.11 Å². The zero-order valence-electron chi connectivity index (χ0n) is 21.7. The van der Waals surface area contributed by atoms with Gasteiger partial charge in [0.2, 0.25) is 0 Å². The molecule has 0 unspecified atom stereocenters. The van der Waals surface area contributed by atoms with E-state index in [2.05, 4.69) is 42.8 Å². The van der Waals surface area contributed by atoms with Crippen LogP contribution in [0.1, 0.15) is 87.6 Å². The molecular weight excluding hydrogens is 432 g/mol. The molecule has 1 aliphatic carbocycles. The van der Waals surface area contributed by atoms with Crippen LogP contribution < -0.4 is 11.5 Å². The number of pyridine rings is 1. The van der Waals surface area contributed by atoms with Crippen LogP contribution in [0.25, 0.3) is 5.57 Å². The van der Waals surface area contributed by atoms with E-state index < -0.39 is 5.60 Å². The van der Waals surface area contributed by atoms with Crippen molar-refractivity contribution in [3.63, 3.8) is 0 Å². The first-order chi connectivity index (χ1) is 16.7. The van der Waals surface area contributed by atoms with Crippen LogP contribution in [0.15, 0.2) is 41.7 Å². The maximum absolute atomic E-state index is 9.91. The second-order valence-electron chi connectivity index (χ2n) is 10.2. The molecule has 5 nitrogen and oxygen atoms in total. The van der Waals surface area contributed by atoms with E-state index in [1.165, 1.54) is 37.8 Å². The Hall–Kier alpha value is -2.94. The highest BCUT2D eigenvalue weighted by Gasteiger charge is 2.15. The number of anilines is 1. The van der Waals surface area contributed by atoms with Crippen LogP contribution in [0.2, 0.25) is 0 Å². The number of hydrogen-bond donors (Lipinski definition) is 3. The molecule has 1 heterocycles. The molecule has 0 spiro atoms. The summed E-state index contributed by atoms with van der Waals surface area (Å²) in [5.74, 6) is 7.10. The Bertz CT molecular complexity index is 1140. The van der Waals surface area contributed by atoms with Gasteiger partial charge in [0.05, 0.1) is 0 Å². The van der Waals surface area contributed by atoms with Gasteiger partial charge in [-0.05, 0) is 105 Å². The fourth-order valence-electron chi connectivity index (χ4n) is 4.47. The molecule has 0 atom stereocenters. The maximum atomic E-state index is 9.91. The van der Waals surface area contributed by atoms with Gasteiger partial charge >= 0.3 is 0 Å². The Morgan fingerprint density at radius 3 is 2.51 bits per heavy atom. The van der Waals surface area contributed by atoms with Crippen molar-refractivity contribution in [2.24, 2.45) is 16.6 Å². The Morgan fingerprint density at radius 1 is 1.11 bits per heavy atom. The number of aryl methyl sites for hydroxylation is 2. The topological polar surface area (TPSA) is 97.5 Å². The van der Waals surface area contributed by atoms with Gasteiger partial charge in [-0.2, -0.15) is 0 Å². The summed E-state index contributed by atoms with van der Waals surface area (Å²) < 4.78 is 0. The minimum atomic E-state index is -1.03. The maximum Gasteiger partial charge on any atom is 0.126 e. The summed E-state index contributed by atoms with van der Waals surface area (Å²) in [5, 5.41) is 9.91. The van der Waals surface area contributed by atoms with Crippen LogP contribution in [0.5, 0.6) is 0 Å². The van der Waals surface area contributed by atoms with Gasteiger partial charge < -0.3 is 16.6 Å². The monoisotopic (exact) mass is 472 g/mol. The SMILES string of the molecule is CC(=N/C=C(\C)c1cnc(N)c(CCc2cc(C#CC(C)(C)O)ccc2CN)c1)C1CCCCC1. The number of nitrogens with two attached hydrogens (primary N) is 2. The van der Waals surface area contributed by atoms with Crippen LogP contribution >= 0.6 is 0 Å². The average molecular weight is 473 g/mol. The molecule has 5 heteroatoms. The van der Waals surface area contributed by atoms with Crippen molar-refractivity contribution in [1.29, 1.82) is 0 Å². The fourth-order valence-corrected chi connectivity index (χ4v) is 4.47. The van der Waals surface area contributed by atoms with Gasteiger partial charge in [-0.1, -0.05) is 37.2 Å². The van der Waals surface area contributed by atoms with E-state index in [1.807, 2.05) is 24.5 Å². The molecule has 3 rings (SSSR count). The average Bonchev–Trinajstić information content (AvgIpc) is 2.85. The molecule has 1 saturated carbocycles. The van der Waals surface area contributed by atoms with Gasteiger partial charge in [-0.3, -0.25) is 4.99 Å². The van der Waals surface area contributed by atoms with Gasteiger partial charge in [-0.15, -0.1) is 0 Å². The van der Waals surface area contributed by atoms with Crippen LogP contribution in [0.3, 0.4) is 0 Å². The fraction of sp³-hybridized carbons (Fsp3) is 0.467. The largest absolute Gasteiger partial charge is 0.383 e. The number of aliphatic imine (C=N–C) groups is 1. The number of hydrogen-bond acceptors (Lipinski definition) is 5. The zero-order chi connectivity index (χ0) is 25.4. The summed E-state index contributed by atoms with van der Waals surface area (Å²) in [7, 11) is 0. The van der Waals surface area contributed by atoms with E-state index in [0.29, 0.717) is 18.3 Å². The number of nitrogen functional groups attached to an aromatic ring is 1. The van der Waals surface area contributed by atoms with Crippen LogP contribution in [-0.2, 0) is 19.4 Å². The summed E-state index contributed by atoms with van der Waals surface area (Å²) in [4.78, 5) is 9.25. The molecule has 0 bridgehead atoms. The first-order valence-electron chi connectivity index (χ1n) is 12.7. The van der Waals surface area contributed by atoms with Crippen LogP contribution in [-0.4, -0.2) is 21.4 Å². The number of nitrogens with zero attached hydrogens (tertiary/aromatic N) is 2. The molecule has 5 N–H and O–H groups in total. The molecule has 0 amide bonds. The van der Waals surface area contributed by atoms with E-state index in [-0.39, 0.29) is 0 Å². The zero-order valence-corrected chi connectivity index (χ0v) is 21.7. The predicted octanol–water partition coefficient (Wildman–Crippen LogP) is 5.43. The number of allylic oxidation sites excluding steroid dienone is 1. The number of aliphatic hydroxyl groups is 1. The molecule has 1 aromatic heterocycles. The number of aromatic nitrogens is 1. The van der Waals surface area contributed by atoms with Crippen molar-refractivity contribution >= 4 is 17.1 Å². The van der Waals surface area contributed by atoms with Crippen molar-refractivity contribution in [2.45, 2.75) is 84.8 Å². The van der Waals surface area contributed by atoms with E-state index in [0.717, 1.165) is 46.2 Å². The van der Waals surface area contributed by atoms with Gasteiger partial charge in [0.25, 0.3) is 0 Å². The Labute approximate surface area is 210 Å². The first kappa shape index (κ1) is 26.7. The normalized spacial score (nSPS) is 15.6. The van der Waals surface area contributed by atoms with Gasteiger partial charge in [0.15, 0.2) is 0 Å². The summed E-state index contributed by atoms with van der Waals surface area (Å²) >= 11 is 0. The van der Waals surface area contributed by atoms with Crippen molar-refractivity contribution in [1.82, 2.24) is 4.98 Å². The third kappa shape index (κ3) is 8.06. The minimum absolute atomic E-state index is 0.461. The third-order valence-electron chi connectivity index (χ3n) is 6.72. The highest BCUT2D eigenvalue weighted by molar-refractivity contribution is 5.85. The lowest BCUT2D eigenvalue weighted by Gasteiger charge is -2.21. The minimum Gasteiger partial charge on any atom is -0.383 e. The lowest BCUT2D eigenvalue weighted by molar-refractivity contribution is 0.143. The van der Waals surface area contributed by atoms with Gasteiger partial charge in [-0.25, -0.2) is 4.98 Å². The third-order valence-corrected chi connectivity index (χ3v) is 6.72. The van der Waals surface area contributed by atoms with Crippen molar-refractivity contribution in [3.8, 4) is 11.8 Å². The van der Waals surface area contributed by atoms with Crippen molar-refractivity contribution in [2.75, 3.05) is 5.73 Å². The van der Waals surface area contributed by atoms with Crippen molar-refractivity contribution in [3.05, 3.63) is 64.5 Å². The lowest BCUT2D eigenvalue weighted by Crippen LogP contribution is -2.14. The number of rotatable bonds is 7. The standard InChI is InChI=1S/C30H40N4O/c1-21(19-33-22(2)24-8-6-5-7-9-24)28-17-26(29(32)34-20-28)13-12-25-16-23(10-11-27(25)18-31)14-15-30(3,4)35/h10-11,16-17,19-20,24,35H,5-9,12-13,18,31H2,1-4H3,(H2,32,34)/b21-19+,33-22?. The Balaban J connectivity index is 1.76. The number of benzene rings is 1. The molecule has 35 heavy (non-hydrogen) atoms. The van der Waals surface area contributed by atoms with Gasteiger partial charge in [0, 0.05) is 30.2 Å². The highest BCUT2D eigenvalue weighted by Crippen LogP contribution is 2.26. The molecule has 1 fully saturated rings. The quantitative estimate of drug-likeness (QED) is 0.370. The highest BCUT2D eigenvalue weighted by atomic mass is 16.3. The van der Waals surface area contributed by atoms with Crippen LogP contribution in [0.4, 0.5) is 5.82 Å². The summed E-state index contributed by atoms with van der Waals surface area (Å²) in [6.45, 7) is 8.05. The summed E-state index contributed by atoms with van der Waals surface area (Å²) in [5.41, 5.74) is 18.7. The van der Waals surface area contributed by atoms with E-state index >= 15 is 0 Å². The molecular formula is C30H40N4O. The first-order valence-corrected chi connectivity index (χ1v) is 12.7. The molecule has 186 valence electrons. The Morgan fingerprint density at radius 2 is 1.83 bits per heavy atom. The summed E-state index contributed by atoms with van der Waals surface area (Å²) in [6.07, 6.45) is 11.8. The molecule has 0 aliphatic heterocycles. The summed E-state index contributed by atoms with van der Waals surface area (Å²) in [6, 6.07) is 8.15. The van der Waals surface area contributed by atoms with E-state index in [9.17, 15) is 5.11 Å².